The van der Waals surface area contributed by atoms with Crippen LogP contribution in [0.15, 0.2) is 35.4 Å². The Bertz CT molecular complexity index is 414. The zero-order chi connectivity index (χ0) is 11.5. The zero-order valence-corrected chi connectivity index (χ0v) is 9.25. The molecule has 0 aromatic heterocycles. The fourth-order valence-corrected chi connectivity index (χ4v) is 1.35. The largest absolute Gasteiger partial charge is 0.454 e. The van der Waals surface area contributed by atoms with Gasteiger partial charge in [-0.05, 0) is 12.1 Å². The second-order valence-corrected chi connectivity index (χ2v) is 3.61. The second-order valence-electron chi connectivity index (χ2n) is 3.61. The Kier molecular flexibility index (Phi) is 2.76. The molecule has 0 bridgehead atoms. The van der Waals surface area contributed by atoms with Crippen LogP contribution in [0.25, 0.3) is 0 Å². The lowest BCUT2D eigenvalue weighted by Crippen LogP contribution is -2.41. The number of hydrazone groups is 1. The lowest BCUT2D eigenvalue weighted by molar-refractivity contribution is -0.122. The van der Waals surface area contributed by atoms with Gasteiger partial charge in [0.1, 0.15) is 0 Å². The second kappa shape index (κ2) is 4.22. The fraction of sp³-hybridized carbons (Fsp3) is 0.273. The minimum Gasteiger partial charge on any atom is -0.454 e. The van der Waals surface area contributed by atoms with Crippen LogP contribution < -0.4 is 5.01 Å². The zero-order valence-electron chi connectivity index (χ0n) is 9.25. The maximum Gasteiger partial charge on any atom is 0.310 e. The van der Waals surface area contributed by atoms with E-state index in [1.165, 1.54) is 5.01 Å². The summed E-state index contributed by atoms with van der Waals surface area (Å²) in [6.45, 7) is 0.0197. The molecule has 2 rings (SSSR count). The quantitative estimate of drug-likeness (QED) is 0.704. The van der Waals surface area contributed by atoms with E-state index in [1.54, 1.807) is 4.90 Å². The third-order valence-corrected chi connectivity index (χ3v) is 2.13. The topological polar surface area (TPSA) is 45.1 Å². The van der Waals surface area contributed by atoms with Crippen LogP contribution in [0.3, 0.4) is 0 Å². The summed E-state index contributed by atoms with van der Waals surface area (Å²) in [6, 6.07) is 9.72. The van der Waals surface area contributed by atoms with Crippen LogP contribution in [-0.2, 0) is 9.53 Å². The first-order valence-electron chi connectivity index (χ1n) is 4.95. The molecule has 0 aliphatic carbocycles. The number of rotatable bonds is 1. The molecule has 0 radical (unpaired) electrons. The number of hydrogen-bond acceptors (Lipinski definition) is 4. The van der Waals surface area contributed by atoms with Crippen molar-refractivity contribution in [2.45, 2.75) is 0 Å². The minimum absolute atomic E-state index is 0.0197. The van der Waals surface area contributed by atoms with Gasteiger partial charge in [-0.15, -0.1) is 5.10 Å². The summed E-state index contributed by atoms with van der Waals surface area (Å²) in [4.78, 5) is 13.4. The molecule has 0 atom stereocenters. The molecule has 1 amide bonds. The third kappa shape index (κ3) is 1.98. The molecule has 84 valence electrons. The van der Waals surface area contributed by atoms with Crippen molar-refractivity contribution in [2.24, 2.45) is 5.10 Å². The molecule has 5 heteroatoms. The lowest BCUT2D eigenvalue weighted by Gasteiger charge is -2.26. The van der Waals surface area contributed by atoms with Crippen LogP contribution in [0.4, 0.5) is 5.69 Å². The Morgan fingerprint density at radius 3 is 2.62 bits per heavy atom. The van der Waals surface area contributed by atoms with Gasteiger partial charge < -0.3 is 9.64 Å². The number of amidine groups is 1. The molecule has 1 aromatic rings. The van der Waals surface area contributed by atoms with E-state index in [1.807, 2.05) is 44.4 Å². The van der Waals surface area contributed by atoms with E-state index in [2.05, 4.69) is 5.10 Å². The van der Waals surface area contributed by atoms with Crippen molar-refractivity contribution < 1.29 is 9.53 Å². The van der Waals surface area contributed by atoms with Crippen molar-refractivity contribution in [1.29, 1.82) is 0 Å². The summed E-state index contributed by atoms with van der Waals surface area (Å²) in [6.07, 6.45) is 0. The van der Waals surface area contributed by atoms with Gasteiger partial charge in [-0.25, -0.2) is 0 Å². The number of benzene rings is 1. The van der Waals surface area contributed by atoms with Gasteiger partial charge in [0.15, 0.2) is 6.61 Å². The van der Waals surface area contributed by atoms with Crippen LogP contribution in [0, 0.1) is 0 Å². The fourth-order valence-electron chi connectivity index (χ4n) is 1.35. The molecule has 0 spiro atoms. The molecule has 16 heavy (non-hydrogen) atoms. The van der Waals surface area contributed by atoms with Gasteiger partial charge >= 0.3 is 6.02 Å². The average molecular weight is 219 g/mol. The summed E-state index contributed by atoms with van der Waals surface area (Å²) in [5.41, 5.74) is 0.746. The molecule has 1 aliphatic heterocycles. The maximum atomic E-state index is 11.6. The number of anilines is 1. The first-order valence-corrected chi connectivity index (χ1v) is 4.95. The first kappa shape index (κ1) is 10.5. The third-order valence-electron chi connectivity index (χ3n) is 2.13. The molecule has 1 aromatic carbocycles. The summed E-state index contributed by atoms with van der Waals surface area (Å²) >= 11 is 0. The Balaban J connectivity index is 2.32. The Hall–Kier alpha value is -2.04. The standard InChI is InChI=1S/C11H13N3O2/c1-13(2)11-12-14(10(15)8-16-11)9-6-4-3-5-7-9/h3-7H,8H2,1-2H3. The molecule has 1 heterocycles. The Morgan fingerprint density at radius 2 is 2.00 bits per heavy atom. The highest BCUT2D eigenvalue weighted by molar-refractivity contribution is 5.98. The SMILES string of the molecule is CN(C)C1=NN(c2ccccc2)C(=O)CO1. The predicted octanol–water partition coefficient (Wildman–Crippen LogP) is 0.882. The van der Waals surface area contributed by atoms with Crippen molar-refractivity contribution in [3.63, 3.8) is 0 Å². The van der Waals surface area contributed by atoms with E-state index in [9.17, 15) is 4.79 Å². The van der Waals surface area contributed by atoms with E-state index in [-0.39, 0.29) is 12.5 Å². The number of nitrogens with zero attached hydrogens (tertiary/aromatic N) is 3. The average Bonchev–Trinajstić information content (AvgIpc) is 2.30. The van der Waals surface area contributed by atoms with Crippen molar-refractivity contribution in [3.05, 3.63) is 30.3 Å². The highest BCUT2D eigenvalue weighted by atomic mass is 16.5. The summed E-state index contributed by atoms with van der Waals surface area (Å²) in [7, 11) is 3.63. The molecule has 0 saturated carbocycles. The maximum absolute atomic E-state index is 11.6. The van der Waals surface area contributed by atoms with Gasteiger partial charge in [0.2, 0.25) is 0 Å². The van der Waals surface area contributed by atoms with E-state index in [4.69, 9.17) is 4.74 Å². The van der Waals surface area contributed by atoms with Crippen molar-refractivity contribution >= 4 is 17.6 Å². The van der Waals surface area contributed by atoms with E-state index in [0.29, 0.717) is 6.02 Å². The summed E-state index contributed by atoms with van der Waals surface area (Å²) in [5, 5.41) is 5.50. The minimum atomic E-state index is -0.170. The van der Waals surface area contributed by atoms with Gasteiger partial charge in [0.25, 0.3) is 5.91 Å². The number of carbonyl (C=O) groups excluding carboxylic acids is 1. The normalized spacial score (nSPS) is 15.5. The van der Waals surface area contributed by atoms with Gasteiger partial charge in [-0.2, -0.15) is 5.01 Å². The number of para-hydroxylation sites is 1. The van der Waals surface area contributed by atoms with Crippen LogP contribution in [0.5, 0.6) is 0 Å². The smallest absolute Gasteiger partial charge is 0.310 e. The number of carbonyl (C=O) groups is 1. The van der Waals surface area contributed by atoms with Crippen molar-refractivity contribution in [2.75, 3.05) is 25.7 Å². The van der Waals surface area contributed by atoms with Gasteiger partial charge in [0, 0.05) is 14.1 Å². The van der Waals surface area contributed by atoms with Crippen LogP contribution in [-0.4, -0.2) is 37.5 Å². The van der Waals surface area contributed by atoms with Crippen LogP contribution in [0.2, 0.25) is 0 Å². The van der Waals surface area contributed by atoms with Crippen LogP contribution in [0.1, 0.15) is 0 Å². The van der Waals surface area contributed by atoms with Gasteiger partial charge in [-0.1, -0.05) is 18.2 Å². The predicted molar refractivity (Wildman–Crippen MR) is 61.0 cm³/mol. The molecular weight excluding hydrogens is 206 g/mol. The summed E-state index contributed by atoms with van der Waals surface area (Å²) < 4.78 is 5.19. The number of hydrogen-bond donors (Lipinski definition) is 0. The van der Waals surface area contributed by atoms with E-state index < -0.39 is 0 Å². The highest BCUT2D eigenvalue weighted by Crippen LogP contribution is 2.16. The monoisotopic (exact) mass is 219 g/mol. The Labute approximate surface area is 93.9 Å². The van der Waals surface area contributed by atoms with Gasteiger partial charge in [0.05, 0.1) is 5.69 Å². The molecule has 1 aliphatic rings. The van der Waals surface area contributed by atoms with Crippen molar-refractivity contribution in [1.82, 2.24) is 4.90 Å². The van der Waals surface area contributed by atoms with Gasteiger partial charge in [-0.3, -0.25) is 4.79 Å². The molecule has 5 nitrogen and oxygen atoms in total. The Morgan fingerprint density at radius 1 is 1.31 bits per heavy atom. The molecule has 0 saturated heterocycles. The van der Waals surface area contributed by atoms with E-state index >= 15 is 0 Å². The molecule has 0 fully saturated rings. The first-order chi connectivity index (χ1) is 7.68. The molecular formula is C11H13N3O2. The van der Waals surface area contributed by atoms with E-state index in [0.717, 1.165) is 5.69 Å². The number of ether oxygens (including phenoxy) is 1. The molecule has 0 unspecified atom stereocenters. The number of amides is 1. The lowest BCUT2D eigenvalue weighted by atomic mass is 10.3. The van der Waals surface area contributed by atoms with Crippen LogP contribution >= 0.6 is 0 Å². The molecule has 0 N–H and O–H groups in total. The van der Waals surface area contributed by atoms with Crippen molar-refractivity contribution in [3.8, 4) is 0 Å². The highest BCUT2D eigenvalue weighted by Gasteiger charge is 2.23. The summed E-state index contributed by atoms with van der Waals surface area (Å²) in [5.74, 6) is -0.170.